The zero-order valence-corrected chi connectivity index (χ0v) is 18.5. The molecule has 3 aromatic heterocycles. The number of carbonyl (C=O) groups excluding carboxylic acids is 1. The summed E-state index contributed by atoms with van der Waals surface area (Å²) in [5.74, 6) is 0. The monoisotopic (exact) mass is 449 g/mol. The number of aromatic nitrogens is 4. The number of benzene rings is 1. The van der Waals surface area contributed by atoms with Gasteiger partial charge in [0.05, 0.1) is 18.5 Å². The van der Waals surface area contributed by atoms with Crippen LogP contribution in [0.25, 0.3) is 16.9 Å². The van der Waals surface area contributed by atoms with Gasteiger partial charge in [-0.25, -0.2) is 9.78 Å². The minimum absolute atomic E-state index is 0.233. The van der Waals surface area contributed by atoms with E-state index in [2.05, 4.69) is 60.3 Å². The Balaban J connectivity index is 1.33. The maximum atomic E-state index is 11.9. The highest BCUT2D eigenvalue weighted by atomic mass is 32.1. The molecular formula is C22H23N7O2S. The first-order valence-electron chi connectivity index (χ1n) is 10.5. The highest BCUT2D eigenvalue weighted by molar-refractivity contribution is 7.13. The normalized spacial score (nSPS) is 14.0. The third kappa shape index (κ3) is 4.09. The summed E-state index contributed by atoms with van der Waals surface area (Å²) >= 11 is 1.46. The molecule has 164 valence electrons. The third-order valence-corrected chi connectivity index (χ3v) is 6.04. The second kappa shape index (κ2) is 8.83. The van der Waals surface area contributed by atoms with Crippen LogP contribution in [0, 0.1) is 0 Å². The topological polar surface area (TPSA) is 87.9 Å². The molecule has 1 aliphatic rings. The SMILES string of the molecule is CCOC(=O)N1CCN(c2ccn3c(-c4cccc(Nc5nncs5)c4)cnc3c2)CC1. The van der Waals surface area contributed by atoms with Crippen LogP contribution in [0.2, 0.25) is 0 Å². The third-order valence-electron chi connectivity index (χ3n) is 5.44. The van der Waals surface area contributed by atoms with E-state index in [0.29, 0.717) is 19.7 Å². The highest BCUT2D eigenvalue weighted by Crippen LogP contribution is 2.27. The molecule has 0 spiro atoms. The molecule has 0 saturated carbocycles. The fourth-order valence-electron chi connectivity index (χ4n) is 3.85. The standard InChI is InChI=1S/C22H23N7O2S/c1-2-31-22(30)28-10-8-27(9-11-28)18-6-7-29-19(14-23-20(29)13-18)16-4-3-5-17(12-16)25-21-26-24-15-32-21/h3-7,12-15H,2,8-11H2,1H3,(H,25,26). The Morgan fingerprint density at radius 3 is 2.84 bits per heavy atom. The van der Waals surface area contributed by atoms with Gasteiger partial charge < -0.3 is 19.9 Å². The quantitative estimate of drug-likeness (QED) is 0.495. The van der Waals surface area contributed by atoms with Gasteiger partial charge in [-0.3, -0.25) is 4.40 Å². The zero-order chi connectivity index (χ0) is 21.9. The molecule has 5 rings (SSSR count). The van der Waals surface area contributed by atoms with Gasteiger partial charge in [0.1, 0.15) is 11.2 Å². The molecule has 0 unspecified atom stereocenters. The maximum Gasteiger partial charge on any atom is 0.409 e. The molecule has 32 heavy (non-hydrogen) atoms. The van der Waals surface area contributed by atoms with Crippen molar-refractivity contribution in [2.24, 2.45) is 0 Å². The molecule has 0 radical (unpaired) electrons. The zero-order valence-electron chi connectivity index (χ0n) is 17.6. The van der Waals surface area contributed by atoms with Gasteiger partial charge in [-0.2, -0.15) is 0 Å². The maximum absolute atomic E-state index is 11.9. The number of rotatable bonds is 5. The lowest BCUT2D eigenvalue weighted by Gasteiger charge is -2.35. The van der Waals surface area contributed by atoms with Crippen molar-refractivity contribution < 1.29 is 9.53 Å². The molecule has 9 nitrogen and oxygen atoms in total. The second-order valence-corrected chi connectivity index (χ2v) is 8.21. The first-order valence-corrected chi connectivity index (χ1v) is 11.4. The molecule has 0 atom stereocenters. The summed E-state index contributed by atoms with van der Waals surface area (Å²) < 4.78 is 7.19. The van der Waals surface area contributed by atoms with Crippen molar-refractivity contribution >= 4 is 39.6 Å². The Bertz CT molecular complexity index is 1220. The van der Waals surface area contributed by atoms with E-state index in [1.165, 1.54) is 11.3 Å². The molecule has 0 aliphatic carbocycles. The molecule has 1 amide bonds. The average Bonchev–Trinajstić information content (AvgIpc) is 3.49. The van der Waals surface area contributed by atoms with Gasteiger partial charge >= 0.3 is 6.09 Å². The molecule has 0 bridgehead atoms. The number of pyridine rings is 1. The molecular weight excluding hydrogens is 426 g/mol. The predicted molar refractivity (Wildman–Crippen MR) is 125 cm³/mol. The number of imidazole rings is 1. The number of piperazine rings is 1. The number of nitrogens with zero attached hydrogens (tertiary/aromatic N) is 6. The molecule has 4 heterocycles. The van der Waals surface area contributed by atoms with E-state index in [-0.39, 0.29) is 6.09 Å². The fourth-order valence-corrected chi connectivity index (χ4v) is 4.31. The summed E-state index contributed by atoms with van der Waals surface area (Å²) in [6.07, 6.45) is 3.71. The first kappa shape index (κ1) is 20.3. The number of carbonyl (C=O) groups is 1. The van der Waals surface area contributed by atoms with Crippen molar-refractivity contribution in [3.63, 3.8) is 0 Å². The van der Waals surface area contributed by atoms with Gasteiger partial charge in [-0.15, -0.1) is 10.2 Å². The molecule has 1 fully saturated rings. The van der Waals surface area contributed by atoms with Crippen molar-refractivity contribution in [1.29, 1.82) is 0 Å². The molecule has 1 aliphatic heterocycles. The Labute approximate surface area is 189 Å². The van der Waals surface area contributed by atoms with Crippen LogP contribution >= 0.6 is 11.3 Å². The summed E-state index contributed by atoms with van der Waals surface area (Å²) in [5.41, 5.74) is 6.70. The van der Waals surface area contributed by atoms with Crippen LogP contribution in [-0.4, -0.2) is 63.4 Å². The van der Waals surface area contributed by atoms with Gasteiger partial charge in [0.25, 0.3) is 0 Å². The van der Waals surface area contributed by atoms with E-state index < -0.39 is 0 Å². The molecule has 1 N–H and O–H groups in total. The Kier molecular flexibility index (Phi) is 5.59. The van der Waals surface area contributed by atoms with Crippen LogP contribution in [0.15, 0.2) is 54.3 Å². The summed E-state index contributed by atoms with van der Waals surface area (Å²) in [4.78, 5) is 20.6. The Morgan fingerprint density at radius 1 is 1.19 bits per heavy atom. The predicted octanol–water partition coefficient (Wildman–Crippen LogP) is 3.87. The van der Waals surface area contributed by atoms with Crippen LogP contribution in [0.3, 0.4) is 0 Å². The Morgan fingerprint density at radius 2 is 2.06 bits per heavy atom. The lowest BCUT2D eigenvalue weighted by Crippen LogP contribution is -2.49. The number of amides is 1. The van der Waals surface area contributed by atoms with E-state index >= 15 is 0 Å². The lowest BCUT2D eigenvalue weighted by molar-refractivity contribution is 0.105. The summed E-state index contributed by atoms with van der Waals surface area (Å²) in [6.45, 7) is 5.06. The van der Waals surface area contributed by atoms with E-state index in [1.54, 1.807) is 10.4 Å². The van der Waals surface area contributed by atoms with Crippen LogP contribution in [0.1, 0.15) is 6.92 Å². The van der Waals surface area contributed by atoms with Crippen LogP contribution in [0.5, 0.6) is 0 Å². The summed E-state index contributed by atoms with van der Waals surface area (Å²) in [6, 6.07) is 12.3. The first-order chi connectivity index (χ1) is 15.7. The van der Waals surface area contributed by atoms with Crippen molar-refractivity contribution in [2.45, 2.75) is 6.92 Å². The fraction of sp³-hybridized carbons (Fsp3) is 0.273. The number of hydrogen-bond acceptors (Lipinski definition) is 8. The van der Waals surface area contributed by atoms with E-state index in [4.69, 9.17) is 4.74 Å². The number of ether oxygens (including phenoxy) is 1. The van der Waals surface area contributed by atoms with Gasteiger partial charge in [0.15, 0.2) is 0 Å². The number of fused-ring (bicyclic) bond motifs is 1. The highest BCUT2D eigenvalue weighted by Gasteiger charge is 2.22. The molecule has 4 aromatic rings. The minimum Gasteiger partial charge on any atom is -0.450 e. The van der Waals surface area contributed by atoms with Gasteiger partial charge in [-0.1, -0.05) is 23.5 Å². The molecule has 1 saturated heterocycles. The Hall–Kier alpha value is -3.66. The smallest absolute Gasteiger partial charge is 0.409 e. The van der Waals surface area contributed by atoms with E-state index in [1.807, 2.05) is 25.3 Å². The molecule has 10 heteroatoms. The van der Waals surface area contributed by atoms with Crippen molar-refractivity contribution in [1.82, 2.24) is 24.5 Å². The van der Waals surface area contributed by atoms with Crippen LogP contribution < -0.4 is 10.2 Å². The second-order valence-electron chi connectivity index (χ2n) is 7.38. The van der Waals surface area contributed by atoms with Crippen LogP contribution in [0.4, 0.5) is 21.3 Å². The number of hydrogen-bond donors (Lipinski definition) is 1. The van der Waals surface area contributed by atoms with Gasteiger partial charge in [-0.05, 0) is 25.1 Å². The van der Waals surface area contributed by atoms with E-state index in [0.717, 1.165) is 46.5 Å². The number of nitrogens with one attached hydrogen (secondary N) is 1. The average molecular weight is 450 g/mol. The van der Waals surface area contributed by atoms with Gasteiger partial charge in [0.2, 0.25) is 5.13 Å². The number of anilines is 3. The summed E-state index contributed by atoms with van der Waals surface area (Å²) in [5, 5.41) is 11.9. The largest absolute Gasteiger partial charge is 0.450 e. The molecule has 1 aromatic carbocycles. The lowest BCUT2D eigenvalue weighted by atomic mass is 10.1. The van der Waals surface area contributed by atoms with Crippen LogP contribution in [-0.2, 0) is 4.74 Å². The summed E-state index contributed by atoms with van der Waals surface area (Å²) in [7, 11) is 0. The van der Waals surface area contributed by atoms with E-state index in [9.17, 15) is 4.79 Å². The minimum atomic E-state index is -0.233. The van der Waals surface area contributed by atoms with Gasteiger partial charge in [0, 0.05) is 55.4 Å². The van der Waals surface area contributed by atoms with Crippen molar-refractivity contribution in [3.05, 3.63) is 54.3 Å². The van der Waals surface area contributed by atoms with Crippen molar-refractivity contribution in [2.75, 3.05) is 43.0 Å². The van der Waals surface area contributed by atoms with Crippen molar-refractivity contribution in [3.8, 4) is 11.3 Å².